The molecule has 0 aromatic carbocycles. The molecule has 8 heteroatoms. The van der Waals surface area contributed by atoms with E-state index < -0.39 is 17.9 Å². The van der Waals surface area contributed by atoms with Gasteiger partial charge in [0.05, 0.1) is 0 Å². The van der Waals surface area contributed by atoms with Crippen molar-refractivity contribution in [3.63, 3.8) is 0 Å². The Labute approximate surface area is 135 Å². The van der Waals surface area contributed by atoms with Gasteiger partial charge in [-0.25, -0.2) is 0 Å². The summed E-state index contributed by atoms with van der Waals surface area (Å²) in [5.74, 6) is -3.25. The first kappa shape index (κ1) is 29.3. The van der Waals surface area contributed by atoms with E-state index in [2.05, 4.69) is 0 Å². The van der Waals surface area contributed by atoms with E-state index in [1.165, 1.54) is 0 Å². The molecule has 0 saturated heterocycles. The molecule has 6 nitrogen and oxygen atoms in total. The van der Waals surface area contributed by atoms with Crippen LogP contribution in [0.4, 0.5) is 0 Å². The van der Waals surface area contributed by atoms with Gasteiger partial charge in [-0.1, -0.05) is 0 Å². The molecule has 0 aromatic rings. The quantitative estimate of drug-likeness (QED) is 0.405. The van der Waals surface area contributed by atoms with Crippen LogP contribution in [0.25, 0.3) is 0 Å². The van der Waals surface area contributed by atoms with Gasteiger partial charge in [-0.3, -0.25) is 0 Å². The van der Waals surface area contributed by atoms with Crippen LogP contribution in [0.15, 0.2) is 0 Å². The zero-order chi connectivity index (χ0) is 10.7. The van der Waals surface area contributed by atoms with Gasteiger partial charge >= 0.3 is 68.2 Å². The molecule has 0 aromatic heterocycles. The van der Waals surface area contributed by atoms with Crippen molar-refractivity contribution in [1.29, 1.82) is 0 Å². The second kappa shape index (κ2) is 23.4. The molecule has 0 unspecified atom stereocenters. The minimum atomic E-state index is -1.08. The maximum Gasteiger partial charge on any atom is 2.00 e. The summed E-state index contributed by atoms with van der Waals surface area (Å²) in [5, 5.41) is 26.7. The zero-order valence-corrected chi connectivity index (χ0v) is 12.4. The predicted octanol–water partition coefficient (Wildman–Crippen LogP) is -6.73. The van der Waals surface area contributed by atoms with E-state index in [1.807, 2.05) is 0 Å². The van der Waals surface area contributed by atoms with Crippen LogP contribution in [0, 0.1) is 0 Å². The summed E-state index contributed by atoms with van der Waals surface area (Å²) in [5.41, 5.74) is 0. The topological polar surface area (TPSA) is 120 Å². The normalized spacial score (nSPS) is 5.36. The third-order valence-corrected chi connectivity index (χ3v) is 0. The molecule has 0 spiro atoms. The average Bonchev–Trinajstić information content (AvgIpc) is 1.54. The van der Waals surface area contributed by atoms with Crippen LogP contribution in [-0.2, 0) is 31.2 Å². The van der Waals surface area contributed by atoms with Gasteiger partial charge in [0.25, 0.3) is 0 Å². The van der Waals surface area contributed by atoms with Gasteiger partial charge in [0, 0.05) is 17.9 Å². The van der Waals surface area contributed by atoms with E-state index >= 15 is 0 Å². The smallest absolute Gasteiger partial charge is 0.550 e. The Bertz CT molecular complexity index is 120. The molecular weight excluding hydrogens is 266 g/mol. The van der Waals surface area contributed by atoms with Gasteiger partial charge < -0.3 is 29.7 Å². The van der Waals surface area contributed by atoms with Crippen molar-refractivity contribution in [1.82, 2.24) is 0 Å². The summed E-state index contributed by atoms with van der Waals surface area (Å²) in [6.45, 7) is 2.92. The Morgan fingerprint density at radius 3 is 0.714 bits per heavy atom. The van der Waals surface area contributed by atoms with Crippen LogP contribution in [0.5, 0.6) is 0 Å². The third-order valence-electron chi connectivity index (χ3n) is 0. The minimum Gasteiger partial charge on any atom is -0.550 e. The molecule has 0 aliphatic heterocycles. The third kappa shape index (κ3) is 5480. The Morgan fingerprint density at radius 2 is 0.714 bits per heavy atom. The van der Waals surface area contributed by atoms with Crippen LogP contribution in [0.2, 0.25) is 0 Å². The van der Waals surface area contributed by atoms with E-state index in [0.29, 0.717) is 0 Å². The molecule has 0 heterocycles. The average molecular weight is 275 g/mol. The van der Waals surface area contributed by atoms with Crippen LogP contribution < -0.4 is 66.7 Å². The summed E-state index contributed by atoms with van der Waals surface area (Å²) < 4.78 is 0. The maximum absolute atomic E-state index is 8.89. The van der Waals surface area contributed by atoms with Gasteiger partial charge in [-0.05, 0) is 20.8 Å². The number of carboxylic acids is 3. The standard InChI is InChI=1S/3C2H4O2.Co.K/c3*1-2(3)4;;/h3*1H3,(H,3,4);;/q;;;+2;+1/p-3. The van der Waals surface area contributed by atoms with E-state index in [9.17, 15) is 0 Å². The first-order valence-corrected chi connectivity index (χ1v) is 2.72. The van der Waals surface area contributed by atoms with Gasteiger partial charge in [-0.2, -0.15) is 0 Å². The van der Waals surface area contributed by atoms with E-state index in [4.69, 9.17) is 29.7 Å². The van der Waals surface area contributed by atoms with E-state index in [0.717, 1.165) is 20.8 Å². The molecule has 0 atom stereocenters. The Kier molecular flexibility index (Phi) is 49.0. The molecule has 0 rings (SSSR count). The molecule has 0 amide bonds. The van der Waals surface area contributed by atoms with Gasteiger partial charge in [0.1, 0.15) is 0 Å². The fourth-order valence-electron chi connectivity index (χ4n) is 0. The number of carbonyl (C=O) groups excluding carboxylic acids is 3. The summed E-state index contributed by atoms with van der Waals surface area (Å²) in [7, 11) is 0. The number of rotatable bonds is 0. The summed E-state index contributed by atoms with van der Waals surface area (Å²) in [6.07, 6.45) is 0. The number of hydrogen-bond acceptors (Lipinski definition) is 6. The summed E-state index contributed by atoms with van der Waals surface area (Å²) >= 11 is 0. The molecule has 14 heavy (non-hydrogen) atoms. The van der Waals surface area contributed by atoms with E-state index in [1.54, 1.807) is 0 Å². The zero-order valence-electron chi connectivity index (χ0n) is 8.28. The molecule has 0 N–H and O–H groups in total. The fraction of sp³-hybridized carbons (Fsp3) is 0.500. The largest absolute Gasteiger partial charge is 2.00 e. The summed E-state index contributed by atoms with van der Waals surface area (Å²) in [4.78, 5) is 26.7. The second-order valence-corrected chi connectivity index (χ2v) is 1.47. The van der Waals surface area contributed by atoms with Crippen LogP contribution in [-0.4, -0.2) is 17.9 Å². The van der Waals surface area contributed by atoms with E-state index in [-0.39, 0.29) is 68.2 Å². The number of hydrogen-bond donors (Lipinski definition) is 0. The van der Waals surface area contributed by atoms with Crippen LogP contribution >= 0.6 is 0 Å². The molecule has 1 radical (unpaired) electrons. The van der Waals surface area contributed by atoms with Crippen molar-refractivity contribution in [3.05, 3.63) is 0 Å². The predicted molar refractivity (Wildman–Crippen MR) is 32.0 cm³/mol. The second-order valence-electron chi connectivity index (χ2n) is 1.47. The van der Waals surface area contributed by atoms with Gasteiger partial charge in [0.2, 0.25) is 0 Å². The molecule has 0 aliphatic carbocycles. The van der Waals surface area contributed by atoms with Gasteiger partial charge in [-0.15, -0.1) is 0 Å². The number of carboxylic acid groups (broad SMARTS) is 3. The SMILES string of the molecule is CC(=O)[O-].CC(=O)[O-].CC(=O)[O-].[Co+2].[K+]. The number of carbonyl (C=O) groups is 3. The monoisotopic (exact) mass is 275 g/mol. The van der Waals surface area contributed by atoms with Crippen LogP contribution in [0.3, 0.4) is 0 Å². The van der Waals surface area contributed by atoms with Crippen molar-refractivity contribution >= 4 is 17.9 Å². The fourth-order valence-corrected chi connectivity index (χ4v) is 0. The molecule has 0 aliphatic rings. The first-order chi connectivity index (χ1) is 5.20. The van der Waals surface area contributed by atoms with Crippen molar-refractivity contribution in [3.8, 4) is 0 Å². The number of aliphatic carboxylic acids is 3. The van der Waals surface area contributed by atoms with Crippen molar-refractivity contribution in [2.45, 2.75) is 20.8 Å². The van der Waals surface area contributed by atoms with Crippen molar-refractivity contribution in [2.24, 2.45) is 0 Å². The molecule has 79 valence electrons. The van der Waals surface area contributed by atoms with Crippen molar-refractivity contribution in [2.75, 3.05) is 0 Å². The Morgan fingerprint density at radius 1 is 0.714 bits per heavy atom. The Hall–Kier alpha value is 0.553. The molecule has 0 saturated carbocycles. The summed E-state index contributed by atoms with van der Waals surface area (Å²) in [6, 6.07) is 0. The molecule has 0 fully saturated rings. The Balaban J connectivity index is -0.0000000270. The molecular formula is C6H9CoKO6. The van der Waals surface area contributed by atoms with Crippen molar-refractivity contribution < 1.29 is 97.9 Å². The van der Waals surface area contributed by atoms with Crippen LogP contribution in [0.1, 0.15) is 20.8 Å². The minimum absolute atomic E-state index is 0. The molecule has 0 bridgehead atoms. The maximum atomic E-state index is 8.89. The first-order valence-electron chi connectivity index (χ1n) is 2.72. The van der Waals surface area contributed by atoms with Gasteiger partial charge in [0.15, 0.2) is 0 Å².